The lowest BCUT2D eigenvalue weighted by molar-refractivity contribution is -0.383. The Labute approximate surface area is 102 Å². The summed E-state index contributed by atoms with van der Waals surface area (Å²) >= 11 is 10.5. The molecule has 0 fully saturated rings. The number of rotatable bonds is 2. The lowest BCUT2D eigenvalue weighted by atomic mass is 10.2. The summed E-state index contributed by atoms with van der Waals surface area (Å²) in [5.74, 6) is 5.37. The molecule has 86 valence electrons. The summed E-state index contributed by atoms with van der Waals surface area (Å²) in [4.78, 5) is 10.2. The zero-order valence-corrected chi connectivity index (χ0v) is 9.88. The smallest absolute Gasteiger partial charge is 0.294 e. The molecule has 0 unspecified atom stereocenters. The Bertz CT molecular complexity index is 438. The molecule has 1 aromatic carbocycles. The third-order valence-electron chi connectivity index (χ3n) is 1.72. The molecule has 16 heavy (non-hydrogen) atoms. The number of thiocarbonyl (C=S) groups is 1. The van der Waals surface area contributed by atoms with Crippen molar-refractivity contribution in [2.24, 2.45) is 5.84 Å². The van der Waals surface area contributed by atoms with Crippen LogP contribution < -0.4 is 11.2 Å². The number of halogens is 1. The highest BCUT2D eigenvalue weighted by Gasteiger charge is 2.15. The highest BCUT2D eigenvalue weighted by atomic mass is 35.5. The molecule has 3 N–H and O–H groups in total. The van der Waals surface area contributed by atoms with Crippen molar-refractivity contribution in [2.75, 3.05) is 12.4 Å². The van der Waals surface area contributed by atoms with Crippen LogP contribution in [-0.2, 0) is 0 Å². The standard InChI is InChI=1S/C8H9ClN4O2S/c1-12(10)8(16)11-6-3-2-5(9)4-7(6)13(14)15/h2-4H,10H2,1H3,(H,11,16). The number of nitro benzene ring substituents is 1. The van der Waals surface area contributed by atoms with Crippen LogP contribution in [0.3, 0.4) is 0 Å². The Morgan fingerprint density at radius 3 is 2.81 bits per heavy atom. The van der Waals surface area contributed by atoms with Crippen molar-refractivity contribution in [1.29, 1.82) is 0 Å². The minimum Gasteiger partial charge on any atom is -0.326 e. The Hall–Kier alpha value is -1.44. The predicted octanol–water partition coefficient (Wildman–Crippen LogP) is 1.75. The summed E-state index contributed by atoms with van der Waals surface area (Å²) in [5.41, 5.74) is 0.0911. The van der Waals surface area contributed by atoms with Gasteiger partial charge >= 0.3 is 0 Å². The molecule has 0 saturated carbocycles. The maximum atomic E-state index is 10.7. The number of hydrogen-bond donors (Lipinski definition) is 2. The van der Waals surface area contributed by atoms with Crippen LogP contribution in [0.1, 0.15) is 0 Å². The van der Waals surface area contributed by atoms with E-state index in [4.69, 9.17) is 29.7 Å². The zero-order chi connectivity index (χ0) is 12.3. The van der Waals surface area contributed by atoms with Gasteiger partial charge in [-0.25, -0.2) is 5.84 Å². The van der Waals surface area contributed by atoms with Crippen molar-refractivity contribution in [2.45, 2.75) is 0 Å². The highest BCUT2D eigenvalue weighted by Crippen LogP contribution is 2.27. The molecule has 0 radical (unpaired) electrons. The van der Waals surface area contributed by atoms with E-state index in [2.05, 4.69) is 5.32 Å². The molecule has 0 spiro atoms. The van der Waals surface area contributed by atoms with Gasteiger partial charge in [-0.1, -0.05) is 11.6 Å². The SMILES string of the molecule is CN(N)C(=S)Nc1ccc(Cl)cc1[N+](=O)[O-]. The molecule has 0 aliphatic rings. The van der Waals surface area contributed by atoms with E-state index in [9.17, 15) is 10.1 Å². The first-order valence-corrected chi connectivity index (χ1v) is 4.94. The fourth-order valence-corrected chi connectivity index (χ4v) is 1.24. The monoisotopic (exact) mass is 260 g/mol. The zero-order valence-electron chi connectivity index (χ0n) is 8.31. The van der Waals surface area contributed by atoms with E-state index >= 15 is 0 Å². The largest absolute Gasteiger partial charge is 0.326 e. The van der Waals surface area contributed by atoms with Crippen molar-refractivity contribution in [1.82, 2.24) is 5.01 Å². The van der Waals surface area contributed by atoms with Gasteiger partial charge in [0.15, 0.2) is 5.11 Å². The van der Waals surface area contributed by atoms with Crippen molar-refractivity contribution >= 4 is 40.3 Å². The first kappa shape index (κ1) is 12.6. The molecular weight excluding hydrogens is 252 g/mol. The molecule has 0 aliphatic heterocycles. The molecule has 0 heterocycles. The van der Waals surface area contributed by atoms with Crippen LogP contribution in [0, 0.1) is 10.1 Å². The molecule has 0 aromatic heterocycles. The second-order valence-corrected chi connectivity index (χ2v) is 3.78. The average Bonchev–Trinajstić information content (AvgIpc) is 2.20. The maximum absolute atomic E-state index is 10.7. The second-order valence-electron chi connectivity index (χ2n) is 2.96. The molecule has 0 atom stereocenters. The van der Waals surface area contributed by atoms with E-state index in [1.807, 2.05) is 0 Å². The summed E-state index contributed by atoms with van der Waals surface area (Å²) in [6.07, 6.45) is 0. The summed E-state index contributed by atoms with van der Waals surface area (Å²) in [7, 11) is 1.52. The molecule has 0 amide bonds. The minimum atomic E-state index is -0.548. The maximum Gasteiger partial charge on any atom is 0.294 e. The van der Waals surface area contributed by atoms with Gasteiger partial charge in [0.2, 0.25) is 0 Å². The third kappa shape index (κ3) is 3.02. The summed E-state index contributed by atoms with van der Waals surface area (Å²) in [6, 6.07) is 4.23. The molecular formula is C8H9ClN4O2S. The molecule has 6 nitrogen and oxygen atoms in total. The van der Waals surface area contributed by atoms with Crippen molar-refractivity contribution in [3.05, 3.63) is 33.3 Å². The molecule has 0 saturated heterocycles. The number of hydrazine groups is 1. The van der Waals surface area contributed by atoms with Crippen molar-refractivity contribution in [3.8, 4) is 0 Å². The van der Waals surface area contributed by atoms with Crippen molar-refractivity contribution in [3.63, 3.8) is 0 Å². The quantitative estimate of drug-likeness (QED) is 0.365. The number of anilines is 1. The van der Waals surface area contributed by atoms with Crippen LogP contribution in [0.4, 0.5) is 11.4 Å². The lowest BCUT2D eigenvalue weighted by Crippen LogP contribution is -2.36. The fourth-order valence-electron chi connectivity index (χ4n) is 0.965. The van der Waals surface area contributed by atoms with E-state index in [-0.39, 0.29) is 21.5 Å². The third-order valence-corrected chi connectivity index (χ3v) is 2.34. The van der Waals surface area contributed by atoms with Crippen LogP contribution >= 0.6 is 23.8 Å². The van der Waals surface area contributed by atoms with Gasteiger partial charge in [0.1, 0.15) is 5.69 Å². The van der Waals surface area contributed by atoms with Crippen molar-refractivity contribution < 1.29 is 4.92 Å². The van der Waals surface area contributed by atoms with Gasteiger partial charge in [0.25, 0.3) is 5.69 Å². The van der Waals surface area contributed by atoms with Gasteiger partial charge in [-0.15, -0.1) is 0 Å². The van der Waals surface area contributed by atoms with Crippen LogP contribution in [0.25, 0.3) is 0 Å². The van der Waals surface area contributed by atoms with E-state index in [1.165, 1.54) is 25.2 Å². The Balaban J connectivity index is 3.04. The Morgan fingerprint density at radius 1 is 1.69 bits per heavy atom. The van der Waals surface area contributed by atoms with Crippen LogP contribution in [0.5, 0.6) is 0 Å². The van der Waals surface area contributed by atoms with E-state index in [1.54, 1.807) is 0 Å². The topological polar surface area (TPSA) is 84.4 Å². The van der Waals surface area contributed by atoms with E-state index < -0.39 is 4.92 Å². The first-order valence-electron chi connectivity index (χ1n) is 4.15. The number of hydrogen-bond acceptors (Lipinski definition) is 4. The molecule has 1 aromatic rings. The highest BCUT2D eigenvalue weighted by molar-refractivity contribution is 7.80. The predicted molar refractivity (Wildman–Crippen MR) is 66.3 cm³/mol. The molecule has 0 bridgehead atoms. The van der Waals surface area contributed by atoms with Gasteiger partial charge in [-0.2, -0.15) is 0 Å². The Kier molecular flexibility index (Phi) is 3.99. The van der Waals surface area contributed by atoms with Gasteiger partial charge in [-0.05, 0) is 24.4 Å². The van der Waals surface area contributed by atoms with E-state index in [0.717, 1.165) is 5.01 Å². The van der Waals surface area contributed by atoms with Gasteiger partial charge in [0, 0.05) is 18.1 Å². The van der Waals surface area contributed by atoms with Crippen LogP contribution in [0.15, 0.2) is 18.2 Å². The summed E-state index contributed by atoms with van der Waals surface area (Å²) < 4.78 is 0. The fraction of sp³-hybridized carbons (Fsp3) is 0.125. The van der Waals surface area contributed by atoms with Crippen LogP contribution in [-0.4, -0.2) is 22.1 Å². The minimum absolute atomic E-state index is 0.156. The number of nitrogens with two attached hydrogens (primary N) is 1. The molecule has 0 aliphatic carbocycles. The van der Waals surface area contributed by atoms with Gasteiger partial charge < -0.3 is 5.32 Å². The summed E-state index contributed by atoms with van der Waals surface area (Å²) in [6.45, 7) is 0. The number of nitrogens with zero attached hydrogens (tertiary/aromatic N) is 2. The number of nitrogens with one attached hydrogen (secondary N) is 1. The van der Waals surface area contributed by atoms with Gasteiger partial charge in [-0.3, -0.25) is 15.1 Å². The van der Waals surface area contributed by atoms with Gasteiger partial charge in [0.05, 0.1) is 4.92 Å². The first-order chi connectivity index (χ1) is 7.41. The second kappa shape index (κ2) is 5.06. The molecule has 1 rings (SSSR count). The molecule has 8 heteroatoms. The average molecular weight is 261 g/mol. The lowest BCUT2D eigenvalue weighted by Gasteiger charge is -2.14. The van der Waals surface area contributed by atoms with E-state index in [0.29, 0.717) is 0 Å². The number of nitro groups is 1. The van der Waals surface area contributed by atoms with Crippen LogP contribution in [0.2, 0.25) is 5.02 Å². The summed E-state index contributed by atoms with van der Waals surface area (Å²) in [5, 5.41) is 15.0. The Morgan fingerprint density at radius 2 is 2.31 bits per heavy atom. The normalized spacial score (nSPS) is 9.69. The number of benzene rings is 1.